The zero-order valence-electron chi connectivity index (χ0n) is 18.9. The molecule has 3 fully saturated rings. The highest BCUT2D eigenvalue weighted by molar-refractivity contribution is 9.09. The summed E-state index contributed by atoms with van der Waals surface area (Å²) in [6, 6.07) is 4.66. The Morgan fingerprint density at radius 3 is 2.56 bits per heavy atom. The number of alkyl halides is 3. The number of fused-ring (bicyclic) bond motifs is 4. The number of nitrogens with zero attached hydrogens (tertiary/aromatic N) is 2. The Bertz CT molecular complexity index is 1270. The SMILES string of the molecule is COc1cc(C=C[C@H]2C3=CC[C@@H]4C(=O)N(O)C(=O)[C@@H]4[C@@H]3C[C@@]3(Cl)C(=O)N(CBr)C(=O)[C@@]23Cl)ccc1O. The van der Waals surface area contributed by atoms with Crippen molar-refractivity contribution in [3.05, 3.63) is 41.5 Å². The molecule has 2 heterocycles. The van der Waals surface area contributed by atoms with Gasteiger partial charge in [-0.15, -0.1) is 23.2 Å². The molecule has 0 unspecified atom stereocenters. The van der Waals surface area contributed by atoms with Crippen molar-refractivity contribution in [3.8, 4) is 11.5 Å². The van der Waals surface area contributed by atoms with E-state index in [-0.39, 0.29) is 34.9 Å². The first-order valence-electron chi connectivity index (χ1n) is 11.1. The van der Waals surface area contributed by atoms with Crippen molar-refractivity contribution in [1.29, 1.82) is 0 Å². The molecule has 1 aromatic carbocycles. The molecular weight excluding hydrogens is 579 g/mol. The molecule has 0 radical (unpaired) electrons. The fraction of sp³-hybridized carbons (Fsp3) is 0.417. The van der Waals surface area contributed by atoms with Gasteiger partial charge in [0.25, 0.3) is 23.6 Å². The number of phenolic OH excluding ortho intramolecular Hbond substituents is 1. The van der Waals surface area contributed by atoms with E-state index in [1.807, 2.05) is 0 Å². The van der Waals surface area contributed by atoms with E-state index < -0.39 is 57.0 Å². The minimum absolute atomic E-state index is 0.0514. The lowest BCUT2D eigenvalue weighted by molar-refractivity contribution is -0.173. The zero-order chi connectivity index (χ0) is 26.2. The number of halogens is 3. The Morgan fingerprint density at radius 1 is 1.17 bits per heavy atom. The maximum Gasteiger partial charge on any atom is 0.257 e. The van der Waals surface area contributed by atoms with Crippen LogP contribution < -0.4 is 4.74 Å². The molecule has 1 aromatic rings. The summed E-state index contributed by atoms with van der Waals surface area (Å²) in [5.74, 6) is -5.96. The van der Waals surface area contributed by atoms with Gasteiger partial charge in [0.05, 0.1) is 24.4 Å². The summed E-state index contributed by atoms with van der Waals surface area (Å²) in [6.45, 7) is 0. The zero-order valence-corrected chi connectivity index (χ0v) is 22.0. The molecule has 0 bridgehead atoms. The second-order valence-electron chi connectivity index (χ2n) is 9.31. The number of hydroxylamine groups is 2. The van der Waals surface area contributed by atoms with Crippen LogP contribution in [0, 0.1) is 23.7 Å². The smallest absolute Gasteiger partial charge is 0.257 e. The molecule has 4 aliphatic rings. The van der Waals surface area contributed by atoms with Crippen molar-refractivity contribution in [2.75, 3.05) is 12.6 Å². The van der Waals surface area contributed by atoms with Crippen LogP contribution in [-0.4, -0.2) is 66.2 Å². The minimum atomic E-state index is -1.89. The Labute approximate surface area is 224 Å². The van der Waals surface area contributed by atoms with Crippen molar-refractivity contribution in [2.24, 2.45) is 23.7 Å². The summed E-state index contributed by atoms with van der Waals surface area (Å²) in [6.07, 6.45) is 5.09. The molecule has 36 heavy (non-hydrogen) atoms. The van der Waals surface area contributed by atoms with Gasteiger partial charge in [0, 0.05) is 5.92 Å². The van der Waals surface area contributed by atoms with Crippen LogP contribution in [0.25, 0.3) is 6.08 Å². The van der Waals surface area contributed by atoms with Crippen LogP contribution in [0.1, 0.15) is 18.4 Å². The van der Waals surface area contributed by atoms with Crippen LogP contribution >= 0.6 is 39.1 Å². The third kappa shape index (κ3) is 3.17. The van der Waals surface area contributed by atoms with Crippen LogP contribution in [0.3, 0.4) is 0 Å². The van der Waals surface area contributed by atoms with E-state index in [0.29, 0.717) is 11.1 Å². The molecule has 5 rings (SSSR count). The number of ether oxygens (including phenoxy) is 1. The molecule has 190 valence electrons. The van der Waals surface area contributed by atoms with Crippen molar-refractivity contribution in [3.63, 3.8) is 0 Å². The van der Waals surface area contributed by atoms with Gasteiger partial charge in [-0.05, 0) is 36.5 Å². The highest BCUT2D eigenvalue weighted by Crippen LogP contribution is 2.63. The van der Waals surface area contributed by atoms with E-state index in [1.165, 1.54) is 13.2 Å². The summed E-state index contributed by atoms with van der Waals surface area (Å²) in [4.78, 5) is 49.4. The third-order valence-electron chi connectivity index (χ3n) is 7.73. The topological polar surface area (TPSA) is 124 Å². The molecule has 4 amide bonds. The summed E-state index contributed by atoms with van der Waals surface area (Å²) in [7, 11) is 1.41. The van der Waals surface area contributed by atoms with Gasteiger partial charge in [0.15, 0.2) is 21.2 Å². The van der Waals surface area contributed by atoms with Gasteiger partial charge in [0.1, 0.15) is 0 Å². The summed E-state index contributed by atoms with van der Waals surface area (Å²) < 4.78 is 5.16. The summed E-state index contributed by atoms with van der Waals surface area (Å²) in [5.41, 5.74) is 1.11. The van der Waals surface area contributed by atoms with E-state index >= 15 is 0 Å². The molecule has 6 atom stereocenters. The normalized spacial score (nSPS) is 35.8. The Hall–Kier alpha value is -2.40. The van der Waals surface area contributed by atoms with Gasteiger partial charge in [-0.1, -0.05) is 45.8 Å². The predicted molar refractivity (Wildman–Crippen MR) is 131 cm³/mol. The fourth-order valence-electron chi connectivity index (χ4n) is 5.99. The molecule has 2 aliphatic carbocycles. The molecule has 0 aromatic heterocycles. The van der Waals surface area contributed by atoms with Crippen LogP contribution in [0.2, 0.25) is 0 Å². The van der Waals surface area contributed by atoms with Crippen molar-refractivity contribution in [2.45, 2.75) is 22.6 Å². The number of carbonyl (C=O) groups excluding carboxylic acids is 4. The number of carbonyl (C=O) groups is 4. The van der Waals surface area contributed by atoms with Gasteiger partial charge >= 0.3 is 0 Å². The average Bonchev–Trinajstić information content (AvgIpc) is 3.17. The molecule has 2 aliphatic heterocycles. The number of allylic oxidation sites excluding steroid dienone is 3. The lowest BCUT2D eigenvalue weighted by Crippen LogP contribution is -2.60. The maximum absolute atomic E-state index is 13.5. The number of hydrogen-bond donors (Lipinski definition) is 2. The summed E-state index contributed by atoms with van der Waals surface area (Å²) in [5, 5.41) is 20.1. The molecule has 9 nitrogen and oxygen atoms in total. The van der Waals surface area contributed by atoms with E-state index in [1.54, 1.807) is 30.4 Å². The number of hydrogen-bond acceptors (Lipinski definition) is 7. The standard InChI is InChI=1S/C24H21BrCl2N2O7/c1-36-17-8-11(3-7-16(17)30)2-6-15-12-4-5-13-18(20(32)29(35)19(13)31)14(12)9-23(26)21(33)28(10-25)22(34)24(15,23)27/h2-4,6-8,13-15,18,30,35H,5,9-10H2,1H3/t13-,14+,15-,18-,23+,24-/m0/s1. The first-order valence-corrected chi connectivity index (χ1v) is 13.0. The number of aromatic hydroxyl groups is 1. The number of methoxy groups -OCH3 is 1. The van der Waals surface area contributed by atoms with Crippen LogP contribution in [0.5, 0.6) is 11.5 Å². The number of imide groups is 2. The summed E-state index contributed by atoms with van der Waals surface area (Å²) >= 11 is 17.2. The molecule has 1 saturated carbocycles. The van der Waals surface area contributed by atoms with Gasteiger partial charge in [-0.2, -0.15) is 5.06 Å². The quantitative estimate of drug-likeness (QED) is 0.179. The van der Waals surface area contributed by atoms with Gasteiger partial charge in [0.2, 0.25) is 0 Å². The highest BCUT2D eigenvalue weighted by Gasteiger charge is 2.75. The number of benzene rings is 1. The Balaban J connectivity index is 1.66. The lowest BCUT2D eigenvalue weighted by atomic mass is 9.57. The van der Waals surface area contributed by atoms with E-state index in [0.717, 1.165) is 4.90 Å². The molecular formula is C24H21BrCl2N2O7. The van der Waals surface area contributed by atoms with E-state index in [9.17, 15) is 29.5 Å². The lowest BCUT2D eigenvalue weighted by Gasteiger charge is -2.49. The Morgan fingerprint density at radius 2 is 1.89 bits per heavy atom. The number of phenols is 1. The maximum atomic E-state index is 13.5. The molecule has 2 N–H and O–H groups in total. The monoisotopic (exact) mass is 598 g/mol. The third-order valence-corrected chi connectivity index (χ3v) is 9.66. The Kier molecular flexibility index (Phi) is 6.02. The number of rotatable bonds is 4. The first-order chi connectivity index (χ1) is 17.0. The van der Waals surface area contributed by atoms with Gasteiger partial charge < -0.3 is 9.84 Å². The second-order valence-corrected chi connectivity index (χ2v) is 11.1. The molecule has 2 saturated heterocycles. The van der Waals surface area contributed by atoms with E-state index in [2.05, 4.69) is 15.9 Å². The second kappa shape index (κ2) is 8.58. The largest absolute Gasteiger partial charge is 0.504 e. The van der Waals surface area contributed by atoms with Gasteiger partial charge in [-0.25, -0.2) is 0 Å². The number of likely N-dealkylation sites (tertiary alicyclic amines) is 1. The molecule has 0 spiro atoms. The first kappa shape index (κ1) is 25.3. The number of amides is 4. The van der Waals surface area contributed by atoms with Crippen molar-refractivity contribution in [1.82, 2.24) is 9.96 Å². The molecule has 12 heteroatoms. The highest BCUT2D eigenvalue weighted by atomic mass is 79.9. The van der Waals surface area contributed by atoms with Crippen LogP contribution in [-0.2, 0) is 19.2 Å². The van der Waals surface area contributed by atoms with Crippen LogP contribution in [0.15, 0.2) is 35.9 Å². The van der Waals surface area contributed by atoms with Crippen molar-refractivity contribution >= 4 is 68.8 Å². The fourth-order valence-corrected chi connectivity index (χ4v) is 7.37. The predicted octanol–water partition coefficient (Wildman–Crippen LogP) is 3.05. The van der Waals surface area contributed by atoms with Gasteiger partial charge in [-0.3, -0.25) is 29.3 Å². The average molecular weight is 600 g/mol. The minimum Gasteiger partial charge on any atom is -0.504 e. The van der Waals surface area contributed by atoms with E-state index in [4.69, 9.17) is 27.9 Å². The van der Waals surface area contributed by atoms with Crippen molar-refractivity contribution < 1.29 is 34.2 Å². The van der Waals surface area contributed by atoms with Crippen LogP contribution in [0.4, 0.5) is 0 Å².